The summed E-state index contributed by atoms with van der Waals surface area (Å²) in [6.45, 7) is 6.06. The molecule has 0 radical (unpaired) electrons. The van der Waals surface area contributed by atoms with E-state index in [4.69, 9.17) is 9.47 Å². The molecule has 1 aliphatic heterocycles. The fraction of sp³-hybridized carbons (Fsp3) is 0.588. The van der Waals surface area contributed by atoms with Crippen LogP contribution in [0.25, 0.3) is 0 Å². The average molecular weight is 306 g/mol. The Balaban J connectivity index is 1.61. The van der Waals surface area contributed by atoms with Gasteiger partial charge in [-0.05, 0) is 51.0 Å². The van der Waals surface area contributed by atoms with Gasteiger partial charge < -0.3 is 20.1 Å². The third-order valence-corrected chi connectivity index (χ3v) is 3.46. The van der Waals surface area contributed by atoms with Gasteiger partial charge in [0.05, 0.1) is 12.2 Å². The highest BCUT2D eigenvalue weighted by atomic mass is 16.5. The number of anilines is 1. The Bertz CT molecular complexity index is 453. The standard InChI is InChI=1S/C17H26N2O3/c1-13(2)22-15-7-5-14(6-8-15)18-10-9-17(20)19-12-16-4-3-11-21-16/h5-8,13,16,18H,3-4,9-12H2,1-2H3,(H,19,20). The Morgan fingerprint density at radius 1 is 1.36 bits per heavy atom. The van der Waals surface area contributed by atoms with E-state index in [9.17, 15) is 4.79 Å². The lowest BCUT2D eigenvalue weighted by molar-refractivity contribution is -0.121. The summed E-state index contributed by atoms with van der Waals surface area (Å²) in [5, 5.41) is 6.15. The number of carbonyl (C=O) groups is 1. The number of hydrogen-bond donors (Lipinski definition) is 2. The zero-order valence-corrected chi connectivity index (χ0v) is 13.4. The minimum atomic E-state index is 0.0581. The third-order valence-electron chi connectivity index (χ3n) is 3.46. The SMILES string of the molecule is CC(C)Oc1ccc(NCCC(=O)NCC2CCCO2)cc1. The molecule has 0 bridgehead atoms. The van der Waals surface area contributed by atoms with Crippen molar-refractivity contribution in [2.75, 3.05) is 25.0 Å². The van der Waals surface area contributed by atoms with Crippen molar-refractivity contribution in [1.29, 1.82) is 0 Å². The second-order valence-electron chi connectivity index (χ2n) is 5.81. The molecule has 1 aliphatic rings. The summed E-state index contributed by atoms with van der Waals surface area (Å²) in [5.74, 6) is 0.914. The normalized spacial score (nSPS) is 17.5. The molecule has 1 atom stereocenters. The molecule has 2 N–H and O–H groups in total. The monoisotopic (exact) mass is 306 g/mol. The maximum Gasteiger partial charge on any atom is 0.221 e. The van der Waals surface area contributed by atoms with Crippen LogP contribution in [-0.2, 0) is 9.53 Å². The van der Waals surface area contributed by atoms with Crippen LogP contribution in [0.15, 0.2) is 24.3 Å². The van der Waals surface area contributed by atoms with Gasteiger partial charge in [0.15, 0.2) is 0 Å². The zero-order chi connectivity index (χ0) is 15.8. The number of hydrogen-bond acceptors (Lipinski definition) is 4. The predicted octanol–water partition coefficient (Wildman–Crippen LogP) is 2.57. The van der Waals surface area contributed by atoms with Gasteiger partial charge in [-0.2, -0.15) is 0 Å². The summed E-state index contributed by atoms with van der Waals surface area (Å²) in [5.41, 5.74) is 0.989. The molecule has 1 heterocycles. The molecule has 1 saturated heterocycles. The molecule has 1 aromatic rings. The summed E-state index contributed by atoms with van der Waals surface area (Å²) in [6.07, 6.45) is 2.97. The first-order valence-electron chi connectivity index (χ1n) is 8.02. The Kier molecular flexibility index (Phi) is 6.52. The van der Waals surface area contributed by atoms with Gasteiger partial charge in [-0.15, -0.1) is 0 Å². The first-order chi connectivity index (χ1) is 10.6. The molecule has 0 saturated carbocycles. The number of nitrogens with one attached hydrogen (secondary N) is 2. The molecule has 2 rings (SSSR count). The Hall–Kier alpha value is -1.75. The Morgan fingerprint density at radius 3 is 2.77 bits per heavy atom. The molecule has 1 aromatic carbocycles. The molecule has 5 heteroatoms. The third kappa shape index (κ3) is 5.93. The van der Waals surface area contributed by atoms with E-state index in [-0.39, 0.29) is 18.1 Å². The van der Waals surface area contributed by atoms with E-state index >= 15 is 0 Å². The molecule has 1 fully saturated rings. The van der Waals surface area contributed by atoms with Crippen LogP contribution in [0, 0.1) is 0 Å². The summed E-state index contributed by atoms with van der Waals surface area (Å²) in [6, 6.07) is 7.78. The molecule has 0 spiro atoms. The summed E-state index contributed by atoms with van der Waals surface area (Å²) < 4.78 is 11.1. The first kappa shape index (κ1) is 16.6. The van der Waals surface area contributed by atoms with Crippen molar-refractivity contribution in [3.63, 3.8) is 0 Å². The quantitative estimate of drug-likeness (QED) is 0.775. The highest BCUT2D eigenvalue weighted by Gasteiger charge is 2.15. The average Bonchev–Trinajstić information content (AvgIpc) is 3.00. The van der Waals surface area contributed by atoms with Gasteiger partial charge in [-0.3, -0.25) is 4.79 Å². The van der Waals surface area contributed by atoms with Crippen LogP contribution in [0.5, 0.6) is 5.75 Å². The summed E-state index contributed by atoms with van der Waals surface area (Å²) in [4.78, 5) is 11.7. The lowest BCUT2D eigenvalue weighted by Gasteiger charge is -2.12. The van der Waals surface area contributed by atoms with Crippen molar-refractivity contribution in [3.8, 4) is 5.75 Å². The van der Waals surface area contributed by atoms with Crippen molar-refractivity contribution in [3.05, 3.63) is 24.3 Å². The number of rotatable bonds is 8. The fourth-order valence-corrected chi connectivity index (χ4v) is 2.37. The van der Waals surface area contributed by atoms with E-state index in [2.05, 4.69) is 10.6 Å². The second-order valence-corrected chi connectivity index (χ2v) is 5.81. The topological polar surface area (TPSA) is 59.6 Å². The van der Waals surface area contributed by atoms with Crippen LogP contribution in [0.1, 0.15) is 33.1 Å². The molecule has 0 aromatic heterocycles. The smallest absolute Gasteiger partial charge is 0.221 e. The van der Waals surface area contributed by atoms with E-state index in [1.807, 2.05) is 38.1 Å². The van der Waals surface area contributed by atoms with E-state index in [1.165, 1.54) is 0 Å². The molecule has 122 valence electrons. The van der Waals surface area contributed by atoms with Gasteiger partial charge in [0, 0.05) is 31.8 Å². The number of ether oxygens (including phenoxy) is 2. The van der Waals surface area contributed by atoms with Gasteiger partial charge in [0.1, 0.15) is 5.75 Å². The molecule has 1 amide bonds. The molecular weight excluding hydrogens is 280 g/mol. The Labute approximate surface area is 132 Å². The van der Waals surface area contributed by atoms with Crippen LogP contribution in [0.4, 0.5) is 5.69 Å². The van der Waals surface area contributed by atoms with Crippen molar-refractivity contribution >= 4 is 11.6 Å². The van der Waals surface area contributed by atoms with E-state index in [1.54, 1.807) is 0 Å². The fourth-order valence-electron chi connectivity index (χ4n) is 2.37. The lowest BCUT2D eigenvalue weighted by Crippen LogP contribution is -2.32. The largest absolute Gasteiger partial charge is 0.491 e. The highest BCUT2D eigenvalue weighted by molar-refractivity contribution is 5.76. The molecule has 0 aliphatic carbocycles. The Morgan fingerprint density at radius 2 is 2.14 bits per heavy atom. The van der Waals surface area contributed by atoms with Gasteiger partial charge >= 0.3 is 0 Å². The van der Waals surface area contributed by atoms with E-state index < -0.39 is 0 Å². The van der Waals surface area contributed by atoms with Crippen LogP contribution in [0.2, 0.25) is 0 Å². The van der Waals surface area contributed by atoms with Gasteiger partial charge in [0.25, 0.3) is 0 Å². The predicted molar refractivity (Wildman–Crippen MR) is 87.3 cm³/mol. The molecule has 1 unspecified atom stereocenters. The highest BCUT2D eigenvalue weighted by Crippen LogP contribution is 2.16. The van der Waals surface area contributed by atoms with Crippen molar-refractivity contribution in [2.45, 2.75) is 45.3 Å². The zero-order valence-electron chi connectivity index (χ0n) is 13.4. The van der Waals surface area contributed by atoms with Crippen LogP contribution in [0.3, 0.4) is 0 Å². The van der Waals surface area contributed by atoms with Crippen LogP contribution < -0.4 is 15.4 Å². The van der Waals surface area contributed by atoms with Crippen molar-refractivity contribution in [2.24, 2.45) is 0 Å². The maximum absolute atomic E-state index is 11.7. The van der Waals surface area contributed by atoms with Crippen LogP contribution in [-0.4, -0.2) is 37.8 Å². The second kappa shape index (κ2) is 8.63. The molecule has 5 nitrogen and oxygen atoms in total. The maximum atomic E-state index is 11.7. The number of carbonyl (C=O) groups excluding carboxylic acids is 1. The number of benzene rings is 1. The van der Waals surface area contributed by atoms with E-state index in [0.717, 1.165) is 30.9 Å². The number of amides is 1. The van der Waals surface area contributed by atoms with Crippen molar-refractivity contribution in [1.82, 2.24) is 5.32 Å². The van der Waals surface area contributed by atoms with Crippen LogP contribution >= 0.6 is 0 Å². The van der Waals surface area contributed by atoms with Crippen molar-refractivity contribution < 1.29 is 14.3 Å². The van der Waals surface area contributed by atoms with Gasteiger partial charge in [0.2, 0.25) is 5.91 Å². The summed E-state index contributed by atoms with van der Waals surface area (Å²) in [7, 11) is 0. The van der Waals surface area contributed by atoms with E-state index in [0.29, 0.717) is 19.5 Å². The molecular formula is C17H26N2O3. The molecule has 22 heavy (non-hydrogen) atoms. The minimum absolute atomic E-state index is 0.0581. The first-order valence-corrected chi connectivity index (χ1v) is 8.02. The van der Waals surface area contributed by atoms with Gasteiger partial charge in [-0.25, -0.2) is 0 Å². The minimum Gasteiger partial charge on any atom is -0.491 e. The lowest BCUT2D eigenvalue weighted by atomic mass is 10.2. The van der Waals surface area contributed by atoms with Gasteiger partial charge in [-0.1, -0.05) is 0 Å². The summed E-state index contributed by atoms with van der Waals surface area (Å²) >= 11 is 0.